The number of ketones is 2. The summed E-state index contributed by atoms with van der Waals surface area (Å²) < 4.78 is 0. The van der Waals surface area contributed by atoms with E-state index < -0.39 is 0 Å². The molecule has 4 saturated carbocycles. The Labute approximate surface area is 180 Å². The first-order valence-electron chi connectivity index (χ1n) is 11.4. The number of hydrogen-bond donors (Lipinski definition) is 1. The second-order valence-electron chi connectivity index (χ2n) is 10.6. The molecule has 0 aromatic carbocycles. The highest BCUT2D eigenvalue weighted by Crippen LogP contribution is 2.64. The van der Waals surface area contributed by atoms with Gasteiger partial charge in [0.15, 0.2) is 0 Å². The van der Waals surface area contributed by atoms with Crippen LogP contribution in [0.15, 0.2) is 5.16 Å². The molecule has 5 fully saturated rings. The predicted octanol–water partition coefficient (Wildman–Crippen LogP) is 3.93. The van der Waals surface area contributed by atoms with Gasteiger partial charge >= 0.3 is 0 Å². The molecule has 1 N–H and O–H groups in total. The summed E-state index contributed by atoms with van der Waals surface area (Å²) >= 11 is 0. The minimum Gasteiger partial charge on any atom is -0.391 e. The van der Waals surface area contributed by atoms with Crippen molar-refractivity contribution in [3.63, 3.8) is 0 Å². The molecular formula is C23H35ClN2O3. The van der Waals surface area contributed by atoms with Crippen molar-refractivity contribution in [3.05, 3.63) is 0 Å². The fourth-order valence-corrected chi connectivity index (χ4v) is 7.57. The number of rotatable bonds is 2. The summed E-state index contributed by atoms with van der Waals surface area (Å²) in [5, 5.41) is 7.78. The molecule has 0 aromatic heterocycles. The van der Waals surface area contributed by atoms with Crippen LogP contribution in [0.5, 0.6) is 0 Å². The highest BCUT2D eigenvalue weighted by Gasteiger charge is 2.62. The average Bonchev–Trinajstić information content (AvgIpc) is 3.29. The van der Waals surface area contributed by atoms with Crippen LogP contribution >= 0.6 is 12.4 Å². The molecular weight excluding hydrogens is 388 g/mol. The molecule has 1 aliphatic heterocycles. The third-order valence-electron chi connectivity index (χ3n) is 9.35. The van der Waals surface area contributed by atoms with E-state index in [2.05, 4.69) is 24.3 Å². The molecule has 1 heterocycles. The fourth-order valence-electron chi connectivity index (χ4n) is 7.57. The lowest BCUT2D eigenvalue weighted by Crippen LogP contribution is -2.56. The third-order valence-corrected chi connectivity index (χ3v) is 9.35. The summed E-state index contributed by atoms with van der Waals surface area (Å²) in [4.78, 5) is 31.6. The third kappa shape index (κ3) is 3.27. The number of carbonyl (C=O) groups excluding carboxylic acids is 2. The lowest BCUT2D eigenvalue weighted by atomic mass is 9.45. The summed E-state index contributed by atoms with van der Waals surface area (Å²) in [6.07, 6.45) is 8.50. The van der Waals surface area contributed by atoms with Crippen LogP contribution in [0.3, 0.4) is 0 Å². The molecule has 0 spiro atoms. The lowest BCUT2D eigenvalue weighted by Gasteiger charge is -2.58. The second kappa shape index (κ2) is 7.64. The SMILES string of the molecule is C[C@]12CCC(=NO[C@@H]3CCNC3)CC1C(=O)C[C@@H]1[C@@H]2CC[C@]2(C)C(=O)CC[C@@H]12.Cl. The van der Waals surface area contributed by atoms with Crippen molar-refractivity contribution >= 4 is 29.7 Å². The van der Waals surface area contributed by atoms with Gasteiger partial charge in [-0.05, 0) is 68.2 Å². The normalized spacial score (nSPS) is 47.9. The van der Waals surface area contributed by atoms with Crippen molar-refractivity contribution in [3.8, 4) is 0 Å². The molecule has 5 rings (SSSR count). The number of oxime groups is 1. The maximum atomic E-state index is 13.3. The molecule has 4 aliphatic carbocycles. The number of Topliss-reactive ketones (excluding diaryl/α,β-unsaturated/α-hetero) is 2. The van der Waals surface area contributed by atoms with Gasteiger partial charge < -0.3 is 10.2 Å². The topological polar surface area (TPSA) is 67.8 Å². The molecule has 162 valence electrons. The van der Waals surface area contributed by atoms with Gasteiger partial charge in [0.05, 0.1) is 5.71 Å². The minimum atomic E-state index is -0.158. The second-order valence-corrected chi connectivity index (χ2v) is 10.6. The Balaban J connectivity index is 0.00000205. The molecule has 0 amide bonds. The quantitative estimate of drug-likeness (QED) is 0.684. The monoisotopic (exact) mass is 422 g/mol. The van der Waals surface area contributed by atoms with Gasteiger partial charge in [0.2, 0.25) is 0 Å². The van der Waals surface area contributed by atoms with E-state index in [4.69, 9.17) is 4.84 Å². The van der Waals surface area contributed by atoms with E-state index >= 15 is 0 Å². The van der Waals surface area contributed by atoms with Crippen LogP contribution < -0.4 is 5.32 Å². The standard InChI is InChI=1S/C23H34N2O3.ClH/c1-22-8-5-14(25-28-15-7-10-24-13-15)11-19(22)20(26)12-16-17-3-4-21(27)23(17,2)9-6-18(16)22;/h15-19,24H,3-13H2,1-2H3;1H/t15-,16+,17+,18+,19?,22-,23+;/m1./s1. The Morgan fingerprint density at radius 3 is 2.62 bits per heavy atom. The lowest BCUT2D eigenvalue weighted by molar-refractivity contribution is -0.152. The summed E-state index contributed by atoms with van der Waals surface area (Å²) in [6.45, 7) is 6.42. The molecule has 1 unspecified atom stereocenters. The van der Waals surface area contributed by atoms with Crippen LogP contribution in [0.1, 0.15) is 71.6 Å². The molecule has 1 saturated heterocycles. The number of fused-ring (bicyclic) bond motifs is 5. The zero-order valence-corrected chi connectivity index (χ0v) is 18.6. The largest absolute Gasteiger partial charge is 0.391 e. The first kappa shape index (κ1) is 21.3. The number of halogens is 1. The van der Waals surface area contributed by atoms with Crippen LogP contribution in [-0.2, 0) is 14.4 Å². The summed E-state index contributed by atoms with van der Waals surface area (Å²) in [6, 6.07) is 0. The molecule has 0 aromatic rings. The molecule has 0 bridgehead atoms. The van der Waals surface area contributed by atoms with Crippen LogP contribution in [0.25, 0.3) is 0 Å². The summed E-state index contributed by atoms with van der Waals surface area (Å²) in [5.41, 5.74) is 0.994. The molecule has 5 aliphatic rings. The van der Waals surface area contributed by atoms with Gasteiger partial charge in [-0.25, -0.2) is 0 Å². The van der Waals surface area contributed by atoms with Crippen LogP contribution in [0.2, 0.25) is 0 Å². The first-order valence-corrected chi connectivity index (χ1v) is 11.4. The number of nitrogens with zero attached hydrogens (tertiary/aromatic N) is 1. The van der Waals surface area contributed by atoms with E-state index in [0.29, 0.717) is 35.7 Å². The van der Waals surface area contributed by atoms with E-state index in [9.17, 15) is 9.59 Å². The van der Waals surface area contributed by atoms with Crippen molar-refractivity contribution in [2.24, 2.45) is 39.7 Å². The van der Waals surface area contributed by atoms with Gasteiger partial charge in [0, 0.05) is 37.1 Å². The Morgan fingerprint density at radius 1 is 1.03 bits per heavy atom. The number of carbonyl (C=O) groups is 2. The molecule has 5 nitrogen and oxygen atoms in total. The van der Waals surface area contributed by atoms with Crippen molar-refractivity contribution in [2.75, 3.05) is 13.1 Å². The van der Waals surface area contributed by atoms with E-state index in [1.54, 1.807) is 0 Å². The van der Waals surface area contributed by atoms with Crippen molar-refractivity contribution in [1.82, 2.24) is 5.32 Å². The Morgan fingerprint density at radius 2 is 1.86 bits per heavy atom. The van der Waals surface area contributed by atoms with E-state index in [-0.39, 0.29) is 35.3 Å². The zero-order chi connectivity index (χ0) is 19.5. The van der Waals surface area contributed by atoms with Crippen molar-refractivity contribution < 1.29 is 14.4 Å². The molecule has 7 atom stereocenters. The highest BCUT2D eigenvalue weighted by atomic mass is 35.5. The molecule has 6 heteroatoms. The van der Waals surface area contributed by atoms with Crippen LogP contribution in [0.4, 0.5) is 0 Å². The van der Waals surface area contributed by atoms with Crippen LogP contribution in [-0.4, -0.2) is 36.5 Å². The van der Waals surface area contributed by atoms with Gasteiger partial charge in [-0.15, -0.1) is 12.4 Å². The predicted molar refractivity (Wildman–Crippen MR) is 114 cm³/mol. The van der Waals surface area contributed by atoms with Gasteiger partial charge in [0.1, 0.15) is 17.7 Å². The fraction of sp³-hybridized carbons (Fsp3) is 0.870. The first-order chi connectivity index (χ1) is 13.4. The molecule has 29 heavy (non-hydrogen) atoms. The Hall–Kier alpha value is -0.940. The van der Waals surface area contributed by atoms with Gasteiger partial charge in [-0.1, -0.05) is 19.0 Å². The van der Waals surface area contributed by atoms with Crippen molar-refractivity contribution in [1.29, 1.82) is 0 Å². The zero-order valence-electron chi connectivity index (χ0n) is 17.7. The smallest absolute Gasteiger partial charge is 0.141 e. The number of nitrogens with one attached hydrogen (secondary N) is 1. The Bertz CT molecular complexity index is 719. The average molecular weight is 423 g/mol. The maximum absolute atomic E-state index is 13.3. The maximum Gasteiger partial charge on any atom is 0.141 e. The summed E-state index contributed by atoms with van der Waals surface area (Å²) in [5.74, 6) is 2.38. The van der Waals surface area contributed by atoms with E-state index in [1.165, 1.54) is 0 Å². The van der Waals surface area contributed by atoms with Gasteiger partial charge in [0.25, 0.3) is 0 Å². The highest BCUT2D eigenvalue weighted by molar-refractivity contribution is 5.93. The number of hydrogen-bond acceptors (Lipinski definition) is 5. The Kier molecular flexibility index (Phi) is 5.61. The van der Waals surface area contributed by atoms with Crippen molar-refractivity contribution in [2.45, 2.75) is 77.7 Å². The van der Waals surface area contributed by atoms with Gasteiger partial charge in [-0.2, -0.15) is 0 Å². The minimum absolute atomic E-state index is 0. The summed E-state index contributed by atoms with van der Waals surface area (Å²) in [7, 11) is 0. The molecule has 0 radical (unpaired) electrons. The van der Waals surface area contributed by atoms with E-state index in [1.807, 2.05) is 0 Å². The van der Waals surface area contributed by atoms with Gasteiger partial charge in [-0.3, -0.25) is 9.59 Å². The van der Waals surface area contributed by atoms with Crippen LogP contribution in [0, 0.1) is 34.5 Å². The van der Waals surface area contributed by atoms with E-state index in [0.717, 1.165) is 70.2 Å².